The van der Waals surface area contributed by atoms with E-state index in [4.69, 9.17) is 26.3 Å². The molecule has 0 amide bonds. The number of halogens is 1. The van der Waals surface area contributed by atoms with Gasteiger partial charge in [0.15, 0.2) is 5.78 Å². The van der Waals surface area contributed by atoms with Gasteiger partial charge in [0, 0.05) is 39.7 Å². The lowest BCUT2D eigenvalue weighted by Crippen LogP contribution is -2.27. The Hall–Kier alpha value is -3.71. The number of Topliss-reactive ketones (excluding diaryl/α,β-unsaturated/α-hetero) is 1. The molecule has 1 aliphatic heterocycles. The van der Waals surface area contributed by atoms with E-state index in [-0.39, 0.29) is 5.78 Å². The predicted molar refractivity (Wildman–Crippen MR) is 174 cm³/mol. The van der Waals surface area contributed by atoms with Gasteiger partial charge in [-0.25, -0.2) is 4.98 Å². The molecule has 0 saturated heterocycles. The van der Waals surface area contributed by atoms with E-state index < -0.39 is 11.7 Å². The molecule has 0 unspecified atom stereocenters. The molecule has 3 heterocycles. The summed E-state index contributed by atoms with van der Waals surface area (Å²) in [5, 5.41) is 1.54. The Morgan fingerprint density at radius 3 is 2.48 bits per heavy atom. The maximum Gasteiger partial charge on any atom is 0.163 e. The second kappa shape index (κ2) is 10.8. The minimum atomic E-state index is -0.718. The first kappa shape index (κ1) is 28.4. The van der Waals surface area contributed by atoms with E-state index in [1.54, 1.807) is 18.3 Å². The van der Waals surface area contributed by atoms with Crippen molar-refractivity contribution in [2.24, 2.45) is 4.99 Å². The SMILES string of the molecule is CC(=O)[C@@H](OC(C)(C)C)c1c(C)cc2nc(-c3ccnc(-c4cc5c(cc4C)CN=C5)c3)sc2c1-c1ccc(Cl)cc1. The number of aliphatic imine (C=N–C) groups is 1. The van der Waals surface area contributed by atoms with E-state index in [1.165, 1.54) is 11.1 Å². The third-order valence-electron chi connectivity index (χ3n) is 7.42. The van der Waals surface area contributed by atoms with Crippen LogP contribution < -0.4 is 0 Å². The van der Waals surface area contributed by atoms with Gasteiger partial charge in [-0.3, -0.25) is 14.8 Å². The number of carbonyl (C=O) groups excluding carboxylic acids is 1. The molecule has 0 fully saturated rings. The second-order valence-electron chi connectivity index (χ2n) is 11.8. The van der Waals surface area contributed by atoms with Crippen LogP contribution in [0.4, 0.5) is 0 Å². The molecule has 0 radical (unpaired) electrons. The summed E-state index contributed by atoms with van der Waals surface area (Å²) in [6.45, 7) is 12.4. The molecule has 42 heavy (non-hydrogen) atoms. The average molecular weight is 594 g/mol. The van der Waals surface area contributed by atoms with Crippen molar-refractivity contribution in [3.8, 4) is 33.0 Å². The summed E-state index contributed by atoms with van der Waals surface area (Å²) in [6.07, 6.45) is 3.06. The van der Waals surface area contributed by atoms with Gasteiger partial charge in [-0.15, -0.1) is 11.3 Å². The van der Waals surface area contributed by atoms with Crippen LogP contribution in [0.3, 0.4) is 0 Å². The third kappa shape index (κ3) is 5.42. The van der Waals surface area contributed by atoms with Crippen LogP contribution in [0.5, 0.6) is 0 Å². The van der Waals surface area contributed by atoms with Gasteiger partial charge in [0.25, 0.3) is 0 Å². The number of thiazole rings is 1. The molecule has 5 nitrogen and oxygen atoms in total. The van der Waals surface area contributed by atoms with E-state index in [1.807, 2.05) is 70.4 Å². The molecule has 0 spiro atoms. The molecule has 2 aromatic heterocycles. The van der Waals surface area contributed by atoms with Gasteiger partial charge < -0.3 is 4.74 Å². The van der Waals surface area contributed by atoms with E-state index in [0.29, 0.717) is 5.02 Å². The van der Waals surface area contributed by atoms with Gasteiger partial charge in [0.2, 0.25) is 0 Å². The summed E-state index contributed by atoms with van der Waals surface area (Å²) in [4.78, 5) is 27.3. The smallest absolute Gasteiger partial charge is 0.163 e. The van der Waals surface area contributed by atoms with Crippen LogP contribution in [0.2, 0.25) is 5.02 Å². The largest absolute Gasteiger partial charge is 0.360 e. The second-order valence-corrected chi connectivity index (χ2v) is 13.3. The monoisotopic (exact) mass is 593 g/mol. The Bertz CT molecular complexity index is 1880. The van der Waals surface area contributed by atoms with Gasteiger partial charge >= 0.3 is 0 Å². The molecule has 0 bridgehead atoms. The zero-order valence-corrected chi connectivity index (χ0v) is 26.2. The molecule has 7 heteroatoms. The number of rotatable bonds is 6. The quantitative estimate of drug-likeness (QED) is 0.197. The van der Waals surface area contributed by atoms with Crippen LogP contribution >= 0.6 is 22.9 Å². The first-order valence-corrected chi connectivity index (χ1v) is 15.2. The fraction of sp³-hybridized carbons (Fsp3) is 0.257. The van der Waals surface area contributed by atoms with Crippen LogP contribution in [0, 0.1) is 13.8 Å². The normalized spacial score (nSPS) is 13.5. The topological polar surface area (TPSA) is 64.4 Å². The number of nitrogens with zero attached hydrogens (tertiary/aromatic N) is 3. The van der Waals surface area contributed by atoms with Crippen LogP contribution in [-0.2, 0) is 16.1 Å². The lowest BCUT2D eigenvalue weighted by molar-refractivity contribution is -0.138. The Balaban J connectivity index is 1.54. The van der Waals surface area contributed by atoms with Crippen molar-refractivity contribution in [3.63, 3.8) is 0 Å². The highest BCUT2D eigenvalue weighted by Crippen LogP contribution is 2.45. The maximum atomic E-state index is 13.1. The number of ether oxygens (including phenoxy) is 1. The van der Waals surface area contributed by atoms with Crippen LogP contribution in [0.1, 0.15) is 61.6 Å². The highest BCUT2D eigenvalue weighted by Gasteiger charge is 2.30. The van der Waals surface area contributed by atoms with Gasteiger partial charge in [0.1, 0.15) is 11.1 Å². The molecular formula is C35H32ClN3O2S. The van der Waals surface area contributed by atoms with Crippen LogP contribution in [0.25, 0.3) is 43.2 Å². The van der Waals surface area contributed by atoms with Crippen molar-refractivity contribution in [1.29, 1.82) is 0 Å². The number of benzene rings is 3. The molecule has 0 aliphatic carbocycles. The fourth-order valence-electron chi connectivity index (χ4n) is 5.55. The lowest BCUT2D eigenvalue weighted by atomic mass is 9.90. The molecule has 1 aliphatic rings. The minimum absolute atomic E-state index is 0.0409. The van der Waals surface area contributed by atoms with Gasteiger partial charge in [-0.05, 0) is 106 Å². The molecule has 5 aromatic rings. The highest BCUT2D eigenvalue weighted by molar-refractivity contribution is 7.22. The van der Waals surface area contributed by atoms with Crippen LogP contribution in [-0.4, -0.2) is 27.6 Å². The number of aryl methyl sites for hydroxylation is 2. The van der Waals surface area contributed by atoms with Crippen molar-refractivity contribution in [2.45, 2.75) is 59.8 Å². The summed E-state index contributed by atoms with van der Waals surface area (Å²) in [5.74, 6) is -0.0409. The van der Waals surface area contributed by atoms with E-state index in [2.05, 4.69) is 36.2 Å². The van der Waals surface area contributed by atoms with Gasteiger partial charge in [0.05, 0.1) is 28.1 Å². The number of hydrogen-bond donors (Lipinski definition) is 0. The number of hydrogen-bond acceptors (Lipinski definition) is 6. The average Bonchev–Trinajstić information content (AvgIpc) is 3.57. The number of aromatic nitrogens is 2. The number of ketones is 1. The molecule has 1 atom stereocenters. The Labute approximate surface area is 255 Å². The molecule has 0 N–H and O–H groups in total. The van der Waals surface area contributed by atoms with Crippen molar-refractivity contribution >= 4 is 45.2 Å². The summed E-state index contributed by atoms with van der Waals surface area (Å²) in [7, 11) is 0. The minimum Gasteiger partial charge on any atom is -0.360 e. The van der Waals surface area contributed by atoms with Crippen molar-refractivity contribution in [3.05, 3.63) is 93.6 Å². The fourth-order valence-corrected chi connectivity index (χ4v) is 6.79. The highest BCUT2D eigenvalue weighted by atomic mass is 35.5. The Morgan fingerprint density at radius 2 is 1.76 bits per heavy atom. The van der Waals surface area contributed by atoms with Crippen molar-refractivity contribution in [2.75, 3.05) is 0 Å². The lowest BCUT2D eigenvalue weighted by Gasteiger charge is -2.29. The predicted octanol–water partition coefficient (Wildman–Crippen LogP) is 9.34. The molecule has 6 rings (SSSR count). The number of fused-ring (bicyclic) bond motifs is 2. The maximum absolute atomic E-state index is 13.1. The number of pyridine rings is 1. The van der Waals surface area contributed by atoms with Gasteiger partial charge in [-0.1, -0.05) is 29.8 Å². The zero-order chi connectivity index (χ0) is 29.8. The van der Waals surface area contributed by atoms with Gasteiger partial charge in [-0.2, -0.15) is 0 Å². The first-order chi connectivity index (χ1) is 20.0. The summed E-state index contributed by atoms with van der Waals surface area (Å²) >= 11 is 7.89. The Kier molecular flexibility index (Phi) is 7.34. The van der Waals surface area contributed by atoms with E-state index >= 15 is 0 Å². The molecule has 0 saturated carbocycles. The molecular weight excluding hydrogens is 562 g/mol. The molecule has 3 aromatic carbocycles. The van der Waals surface area contributed by atoms with Crippen LogP contribution in [0.15, 0.2) is 65.8 Å². The summed E-state index contributed by atoms with van der Waals surface area (Å²) in [6, 6.07) is 18.3. The number of carbonyl (C=O) groups is 1. The van der Waals surface area contributed by atoms with Crippen molar-refractivity contribution < 1.29 is 9.53 Å². The van der Waals surface area contributed by atoms with E-state index in [0.717, 1.165) is 66.4 Å². The Morgan fingerprint density at radius 1 is 1.00 bits per heavy atom. The zero-order valence-electron chi connectivity index (χ0n) is 24.6. The first-order valence-electron chi connectivity index (χ1n) is 14.0. The third-order valence-corrected chi connectivity index (χ3v) is 8.81. The van der Waals surface area contributed by atoms with E-state index in [9.17, 15) is 4.79 Å². The standard InChI is InChI=1S/C35H32ClN3O2S/c1-19-13-24-17-37-18-25(24)15-27(19)28-16-23(11-12-38-28)34-39-29-14-20(2)30(32(21(3)40)41-35(4,5)6)31(33(29)42-34)22-7-9-26(36)10-8-22/h7-16,18,32H,17H2,1-6H3/t32-/m1/s1. The molecule has 212 valence electrons. The summed E-state index contributed by atoms with van der Waals surface area (Å²) < 4.78 is 7.39. The summed E-state index contributed by atoms with van der Waals surface area (Å²) in [5.41, 5.74) is 10.7. The van der Waals surface area contributed by atoms with Crippen molar-refractivity contribution in [1.82, 2.24) is 9.97 Å².